The van der Waals surface area contributed by atoms with Gasteiger partial charge in [0, 0.05) is 22.2 Å². The molecule has 1 aromatic rings. The van der Waals surface area contributed by atoms with Crippen molar-refractivity contribution in [2.45, 2.75) is 0 Å². The van der Waals surface area contributed by atoms with E-state index in [0.717, 1.165) is 11.4 Å². The molecule has 1 atom stereocenters. The smallest absolute Gasteiger partial charge is 0.140 e. The van der Waals surface area contributed by atoms with E-state index < -0.39 is 21.0 Å². The highest BCUT2D eigenvalue weighted by atomic mass is 35.7. The minimum absolute atomic E-state index is 0.786. The maximum absolute atomic E-state index is 10.4. The summed E-state index contributed by atoms with van der Waals surface area (Å²) in [5.74, 6) is 0. The molecule has 5 nitrogen and oxygen atoms in total. The molecule has 0 radical (unpaired) electrons. The second kappa shape index (κ2) is 5.66. The standard InChI is InChI=1S/C11H10ClNO4S/c14-12(15,16)17-18-8-6-11(7-9-18)13-10-4-2-1-3-5-10/h1-9,13H. The van der Waals surface area contributed by atoms with E-state index in [1.54, 1.807) is 12.2 Å². The van der Waals surface area contributed by atoms with Crippen molar-refractivity contribution in [2.75, 3.05) is 5.32 Å². The minimum atomic E-state index is -4.40. The molecule has 0 spiro atoms. The number of halogens is 1. The predicted molar refractivity (Wildman–Crippen MR) is 62.0 cm³/mol. The fourth-order valence-corrected chi connectivity index (χ4v) is 2.99. The lowest BCUT2D eigenvalue weighted by Crippen LogP contribution is -2.60. The van der Waals surface area contributed by atoms with Crippen LogP contribution in [0.4, 0.5) is 5.69 Å². The van der Waals surface area contributed by atoms with Crippen LogP contribution in [0.15, 0.2) is 53.6 Å². The van der Waals surface area contributed by atoms with Crippen molar-refractivity contribution in [1.82, 2.24) is 0 Å². The molecule has 0 bridgehead atoms. The number of anilines is 1. The van der Waals surface area contributed by atoms with Gasteiger partial charge in [-0.25, -0.2) is 0 Å². The van der Waals surface area contributed by atoms with Gasteiger partial charge in [0.15, 0.2) is 0 Å². The van der Waals surface area contributed by atoms with E-state index in [1.807, 2.05) is 30.3 Å². The molecule has 0 aromatic heterocycles. The second-order valence-corrected chi connectivity index (χ2v) is 5.78. The zero-order chi connectivity index (χ0) is 13.0. The van der Waals surface area contributed by atoms with Crippen LogP contribution in [-0.4, -0.2) is 5.37 Å². The number of allylic oxidation sites excluding steroid dienone is 2. The van der Waals surface area contributed by atoms with Crippen molar-refractivity contribution in [3.05, 3.63) is 53.6 Å². The van der Waals surface area contributed by atoms with Crippen molar-refractivity contribution >= 4 is 21.8 Å². The van der Waals surface area contributed by atoms with E-state index >= 15 is 0 Å². The average molecular weight is 288 g/mol. The topological polar surface area (TPSA) is 90.4 Å². The van der Waals surface area contributed by atoms with Gasteiger partial charge in [0.05, 0.1) is 10.2 Å². The summed E-state index contributed by atoms with van der Waals surface area (Å²) in [5.41, 5.74) is 1.70. The van der Waals surface area contributed by atoms with Crippen LogP contribution in [0, 0.1) is 10.2 Å². The van der Waals surface area contributed by atoms with E-state index in [-0.39, 0.29) is 0 Å². The Morgan fingerprint density at radius 3 is 2.39 bits per heavy atom. The Balaban J connectivity index is 2.01. The second-order valence-electron chi connectivity index (χ2n) is 3.32. The fourth-order valence-electron chi connectivity index (χ4n) is 1.28. The van der Waals surface area contributed by atoms with Crippen molar-refractivity contribution in [2.24, 2.45) is 0 Å². The van der Waals surface area contributed by atoms with Crippen LogP contribution < -0.4 is 19.3 Å². The summed E-state index contributed by atoms with van der Waals surface area (Å²) in [6.07, 6.45) is 3.33. The van der Waals surface area contributed by atoms with Gasteiger partial charge in [-0.05, 0) is 24.3 Å². The summed E-state index contributed by atoms with van der Waals surface area (Å²) in [6.45, 7) is 0. The molecule has 1 aliphatic rings. The molecule has 2 rings (SSSR count). The Labute approximate surface area is 109 Å². The molecule has 0 amide bonds. The first-order valence-corrected chi connectivity index (χ1v) is 7.42. The Morgan fingerprint density at radius 2 is 1.83 bits per heavy atom. The van der Waals surface area contributed by atoms with Crippen molar-refractivity contribution in [1.29, 1.82) is 0 Å². The summed E-state index contributed by atoms with van der Waals surface area (Å²) in [4.78, 5) is 0. The maximum Gasteiger partial charge on any atom is 0.140 e. The maximum atomic E-state index is 10.4. The molecule has 96 valence electrons. The summed E-state index contributed by atoms with van der Waals surface area (Å²) >= 11 is 0. The number of rotatable bonds is 4. The van der Waals surface area contributed by atoms with Gasteiger partial charge in [0.25, 0.3) is 0 Å². The highest BCUT2D eigenvalue weighted by Gasteiger charge is 2.20. The van der Waals surface area contributed by atoms with Crippen LogP contribution in [0.2, 0.25) is 0 Å². The fraction of sp³-hybridized carbons (Fsp3) is 0. The molecule has 7 heteroatoms. The summed E-state index contributed by atoms with van der Waals surface area (Å²) < 4.78 is 35.4. The zero-order valence-corrected chi connectivity index (χ0v) is 10.7. The number of benzene rings is 1. The normalized spacial score (nSPS) is 19.1. The lowest BCUT2D eigenvalue weighted by molar-refractivity contribution is -1.91. The number of nitrogens with one attached hydrogen (secondary N) is 1. The first-order valence-electron chi connectivity index (χ1n) is 4.91. The Kier molecular flexibility index (Phi) is 4.18. The zero-order valence-electron chi connectivity index (χ0n) is 9.12. The van der Waals surface area contributed by atoms with E-state index in [1.165, 1.54) is 10.8 Å². The quantitative estimate of drug-likeness (QED) is 0.748. The lowest BCUT2D eigenvalue weighted by atomic mass is 10.3. The van der Waals surface area contributed by atoms with Crippen molar-refractivity contribution in [3.63, 3.8) is 0 Å². The van der Waals surface area contributed by atoms with Crippen LogP contribution in [0.1, 0.15) is 0 Å². The van der Waals surface area contributed by atoms with Crippen molar-refractivity contribution < 1.29 is 28.0 Å². The molecular weight excluding hydrogens is 278 g/mol. The Hall–Kier alpha value is -1.15. The molecule has 1 aliphatic heterocycles. The molecule has 1 heterocycles. The molecule has 1 N–H and O–H groups in total. The lowest BCUT2D eigenvalue weighted by Gasteiger charge is -2.14. The van der Waals surface area contributed by atoms with Gasteiger partial charge in [-0.2, -0.15) is 14.0 Å². The molecule has 1 unspecified atom stereocenters. The third-order valence-electron chi connectivity index (χ3n) is 1.98. The Morgan fingerprint density at radius 1 is 1.11 bits per heavy atom. The molecule has 0 fully saturated rings. The molecule has 0 saturated carbocycles. The summed E-state index contributed by atoms with van der Waals surface area (Å²) in [7, 11) is -5.53. The van der Waals surface area contributed by atoms with Gasteiger partial charge in [0.1, 0.15) is 14.5 Å². The number of hydrogen-bond acceptors (Lipinski definition) is 5. The van der Waals surface area contributed by atoms with Gasteiger partial charge in [0.2, 0.25) is 0 Å². The summed E-state index contributed by atoms with van der Waals surface area (Å²) in [5, 5.41) is 6.14. The van der Waals surface area contributed by atoms with Gasteiger partial charge >= 0.3 is 0 Å². The first-order chi connectivity index (χ1) is 8.53. The SMILES string of the molecule is [O-][Cl+3]([O-])([O-])OS1=CC=C(Nc2ccccc2)C=C1. The van der Waals surface area contributed by atoms with Crippen LogP contribution >= 0.6 is 10.8 Å². The Bertz CT molecular complexity index is 508. The van der Waals surface area contributed by atoms with Crippen molar-refractivity contribution in [3.8, 4) is 0 Å². The molecule has 0 saturated heterocycles. The molecule has 1 aromatic carbocycles. The predicted octanol–water partition coefficient (Wildman–Crippen LogP) is -0.590. The molecule has 18 heavy (non-hydrogen) atoms. The third kappa shape index (κ3) is 4.26. The average Bonchev–Trinajstić information content (AvgIpc) is 2.31. The van der Waals surface area contributed by atoms with Gasteiger partial charge in [-0.3, -0.25) is 0 Å². The van der Waals surface area contributed by atoms with Crippen LogP contribution in [0.25, 0.3) is 0 Å². The number of hydrogen-bond donors (Lipinski definition) is 1. The highest BCUT2D eigenvalue weighted by molar-refractivity contribution is 8.13. The van der Waals surface area contributed by atoms with Gasteiger partial charge < -0.3 is 5.32 Å². The van der Waals surface area contributed by atoms with Crippen LogP contribution in [0.5, 0.6) is 0 Å². The van der Waals surface area contributed by atoms with Crippen LogP contribution in [-0.2, 0) is 3.74 Å². The van der Waals surface area contributed by atoms with E-state index in [2.05, 4.69) is 9.05 Å². The first kappa shape index (κ1) is 13.3. The van der Waals surface area contributed by atoms with Crippen LogP contribution in [0.3, 0.4) is 0 Å². The monoisotopic (exact) mass is 287 g/mol. The molecular formula is C11H10ClNO4S. The molecule has 0 aliphatic carbocycles. The largest absolute Gasteiger partial charge is 0.355 e. The number of para-hydroxylation sites is 1. The summed E-state index contributed by atoms with van der Waals surface area (Å²) in [6, 6.07) is 9.51. The van der Waals surface area contributed by atoms with E-state index in [4.69, 9.17) is 0 Å². The third-order valence-corrected chi connectivity index (χ3v) is 3.98. The van der Waals surface area contributed by atoms with Gasteiger partial charge in [-0.15, -0.1) is 0 Å². The van der Waals surface area contributed by atoms with E-state index in [0.29, 0.717) is 0 Å². The van der Waals surface area contributed by atoms with Gasteiger partial charge in [-0.1, -0.05) is 18.2 Å². The van der Waals surface area contributed by atoms with E-state index in [9.17, 15) is 14.0 Å². The minimum Gasteiger partial charge on any atom is -0.355 e. The highest BCUT2D eigenvalue weighted by Crippen LogP contribution is 2.24.